The van der Waals surface area contributed by atoms with Crippen molar-refractivity contribution in [1.82, 2.24) is 10.3 Å². The van der Waals surface area contributed by atoms with Gasteiger partial charge >= 0.3 is 5.97 Å². The predicted molar refractivity (Wildman–Crippen MR) is 71.7 cm³/mol. The minimum atomic E-state index is -0.820. The monoisotopic (exact) mass is 250 g/mol. The molecule has 1 atom stereocenters. The van der Waals surface area contributed by atoms with Gasteiger partial charge in [0.05, 0.1) is 6.54 Å². The number of carboxylic acids is 1. The number of hydrogen-bond donors (Lipinski definition) is 2. The fourth-order valence-corrected chi connectivity index (χ4v) is 1.86. The molecule has 0 aliphatic carbocycles. The van der Waals surface area contributed by atoms with Crippen LogP contribution in [-0.4, -0.2) is 28.6 Å². The van der Waals surface area contributed by atoms with Crippen molar-refractivity contribution in [2.45, 2.75) is 45.6 Å². The van der Waals surface area contributed by atoms with E-state index in [0.717, 1.165) is 31.4 Å². The predicted octanol–water partition coefficient (Wildman–Crippen LogP) is 2.03. The van der Waals surface area contributed by atoms with Gasteiger partial charge in [0.15, 0.2) is 0 Å². The Bertz CT molecular complexity index is 363. The second-order valence-electron chi connectivity index (χ2n) is 4.49. The van der Waals surface area contributed by atoms with E-state index in [1.165, 1.54) is 5.56 Å². The number of hydrogen-bond acceptors (Lipinski definition) is 3. The SMILES string of the molecule is CCCc1ccc(CC(CC)NCC(=O)O)nc1. The Morgan fingerprint density at radius 3 is 2.72 bits per heavy atom. The highest BCUT2D eigenvalue weighted by Crippen LogP contribution is 2.06. The minimum Gasteiger partial charge on any atom is -0.480 e. The van der Waals surface area contributed by atoms with Crippen molar-refractivity contribution >= 4 is 5.97 Å². The van der Waals surface area contributed by atoms with Crippen molar-refractivity contribution in [3.8, 4) is 0 Å². The molecule has 0 aliphatic heterocycles. The van der Waals surface area contributed by atoms with E-state index in [1.54, 1.807) is 0 Å². The summed E-state index contributed by atoms with van der Waals surface area (Å²) in [6.45, 7) is 4.20. The number of aryl methyl sites for hydroxylation is 1. The number of carboxylic acid groups (broad SMARTS) is 1. The maximum Gasteiger partial charge on any atom is 0.317 e. The zero-order chi connectivity index (χ0) is 13.4. The number of nitrogens with zero attached hydrogens (tertiary/aromatic N) is 1. The van der Waals surface area contributed by atoms with Gasteiger partial charge in [0.25, 0.3) is 0 Å². The van der Waals surface area contributed by atoms with Gasteiger partial charge in [-0.1, -0.05) is 26.3 Å². The van der Waals surface area contributed by atoms with Gasteiger partial charge in [-0.15, -0.1) is 0 Å². The molecule has 1 rings (SSSR count). The summed E-state index contributed by atoms with van der Waals surface area (Å²) in [7, 11) is 0. The first-order chi connectivity index (χ1) is 8.65. The third-order valence-corrected chi connectivity index (χ3v) is 2.91. The van der Waals surface area contributed by atoms with E-state index in [1.807, 2.05) is 19.2 Å². The van der Waals surface area contributed by atoms with Crippen LogP contribution in [0.1, 0.15) is 37.9 Å². The number of aromatic nitrogens is 1. The summed E-state index contributed by atoms with van der Waals surface area (Å²) in [6, 6.07) is 4.32. The molecular weight excluding hydrogens is 228 g/mol. The second-order valence-corrected chi connectivity index (χ2v) is 4.49. The molecule has 4 nitrogen and oxygen atoms in total. The number of carbonyl (C=O) groups is 1. The van der Waals surface area contributed by atoms with Gasteiger partial charge in [0, 0.05) is 24.4 Å². The number of rotatable bonds is 8. The van der Waals surface area contributed by atoms with Crippen LogP contribution in [-0.2, 0) is 17.6 Å². The van der Waals surface area contributed by atoms with Crippen molar-refractivity contribution in [3.05, 3.63) is 29.6 Å². The van der Waals surface area contributed by atoms with Crippen LogP contribution in [0.5, 0.6) is 0 Å². The lowest BCUT2D eigenvalue weighted by molar-refractivity contribution is -0.136. The van der Waals surface area contributed by atoms with Gasteiger partial charge in [-0.05, 0) is 24.5 Å². The topological polar surface area (TPSA) is 62.2 Å². The highest BCUT2D eigenvalue weighted by atomic mass is 16.4. The third-order valence-electron chi connectivity index (χ3n) is 2.91. The quantitative estimate of drug-likeness (QED) is 0.741. The normalized spacial score (nSPS) is 12.3. The molecule has 1 unspecified atom stereocenters. The van der Waals surface area contributed by atoms with Gasteiger partial charge < -0.3 is 10.4 Å². The Labute approximate surface area is 108 Å². The first-order valence-corrected chi connectivity index (χ1v) is 6.54. The molecule has 1 aromatic heterocycles. The Morgan fingerprint density at radius 2 is 2.22 bits per heavy atom. The maximum atomic E-state index is 10.5. The molecule has 0 saturated heterocycles. The van der Waals surface area contributed by atoms with Crippen molar-refractivity contribution < 1.29 is 9.90 Å². The lowest BCUT2D eigenvalue weighted by Gasteiger charge is -2.15. The molecule has 2 N–H and O–H groups in total. The van der Waals surface area contributed by atoms with Gasteiger partial charge in [0.1, 0.15) is 0 Å². The molecule has 0 spiro atoms. The molecule has 0 amide bonds. The van der Waals surface area contributed by atoms with Gasteiger partial charge in [0.2, 0.25) is 0 Å². The Hall–Kier alpha value is -1.42. The van der Waals surface area contributed by atoms with Crippen LogP contribution in [0, 0.1) is 0 Å². The molecule has 0 bridgehead atoms. The maximum absolute atomic E-state index is 10.5. The van der Waals surface area contributed by atoms with Gasteiger partial charge in [-0.2, -0.15) is 0 Å². The lowest BCUT2D eigenvalue weighted by atomic mass is 10.1. The average Bonchev–Trinajstić information content (AvgIpc) is 2.36. The molecule has 18 heavy (non-hydrogen) atoms. The van der Waals surface area contributed by atoms with Crippen LogP contribution in [0.15, 0.2) is 18.3 Å². The van der Waals surface area contributed by atoms with Crippen LogP contribution >= 0.6 is 0 Å². The molecule has 0 aromatic carbocycles. The standard InChI is InChI=1S/C14H22N2O2/c1-3-5-11-6-7-13(15-9-11)8-12(4-2)16-10-14(17)18/h6-7,9,12,16H,3-5,8,10H2,1-2H3,(H,17,18). The fraction of sp³-hybridized carbons (Fsp3) is 0.571. The van der Waals surface area contributed by atoms with E-state index >= 15 is 0 Å². The molecule has 100 valence electrons. The minimum absolute atomic E-state index is 0.00637. The molecule has 4 heteroatoms. The van der Waals surface area contributed by atoms with Gasteiger partial charge in [-0.3, -0.25) is 9.78 Å². The lowest BCUT2D eigenvalue weighted by Crippen LogP contribution is -2.34. The first-order valence-electron chi connectivity index (χ1n) is 6.54. The van der Waals surface area contributed by atoms with E-state index in [4.69, 9.17) is 5.11 Å². The highest BCUT2D eigenvalue weighted by Gasteiger charge is 2.09. The van der Waals surface area contributed by atoms with E-state index in [0.29, 0.717) is 0 Å². The molecule has 0 fully saturated rings. The molecule has 1 aromatic rings. The zero-order valence-corrected chi connectivity index (χ0v) is 11.1. The first kappa shape index (κ1) is 14.6. The second kappa shape index (κ2) is 7.82. The summed E-state index contributed by atoms with van der Waals surface area (Å²) in [5.74, 6) is -0.820. The van der Waals surface area contributed by atoms with E-state index in [9.17, 15) is 4.79 Å². The van der Waals surface area contributed by atoms with E-state index < -0.39 is 5.97 Å². The number of nitrogens with one attached hydrogen (secondary N) is 1. The summed E-state index contributed by atoms with van der Waals surface area (Å²) < 4.78 is 0. The highest BCUT2D eigenvalue weighted by molar-refractivity contribution is 5.69. The van der Waals surface area contributed by atoms with Crippen LogP contribution in [0.25, 0.3) is 0 Å². The molecule has 0 saturated carbocycles. The smallest absolute Gasteiger partial charge is 0.317 e. The van der Waals surface area contributed by atoms with Crippen LogP contribution in [0.3, 0.4) is 0 Å². The van der Waals surface area contributed by atoms with Crippen LogP contribution in [0.4, 0.5) is 0 Å². The zero-order valence-electron chi connectivity index (χ0n) is 11.1. The summed E-state index contributed by atoms with van der Waals surface area (Å²) in [6.07, 6.45) is 5.77. The average molecular weight is 250 g/mol. The summed E-state index contributed by atoms with van der Waals surface area (Å²) in [4.78, 5) is 14.9. The number of aliphatic carboxylic acids is 1. The van der Waals surface area contributed by atoms with E-state index in [-0.39, 0.29) is 12.6 Å². The summed E-state index contributed by atoms with van der Waals surface area (Å²) in [5, 5.41) is 11.7. The molecule has 1 heterocycles. The van der Waals surface area contributed by atoms with Crippen molar-refractivity contribution in [2.24, 2.45) is 0 Å². The Kier molecular flexibility index (Phi) is 6.36. The largest absolute Gasteiger partial charge is 0.480 e. The summed E-state index contributed by atoms with van der Waals surface area (Å²) in [5.41, 5.74) is 2.27. The van der Waals surface area contributed by atoms with Crippen LogP contribution < -0.4 is 5.32 Å². The Morgan fingerprint density at radius 1 is 1.44 bits per heavy atom. The van der Waals surface area contributed by atoms with Gasteiger partial charge in [-0.25, -0.2) is 0 Å². The molecular formula is C14H22N2O2. The Balaban J connectivity index is 2.50. The third kappa shape index (κ3) is 5.27. The fourth-order valence-electron chi connectivity index (χ4n) is 1.86. The summed E-state index contributed by atoms with van der Waals surface area (Å²) >= 11 is 0. The van der Waals surface area contributed by atoms with Crippen molar-refractivity contribution in [1.29, 1.82) is 0 Å². The van der Waals surface area contributed by atoms with Crippen molar-refractivity contribution in [3.63, 3.8) is 0 Å². The molecule has 0 aliphatic rings. The van der Waals surface area contributed by atoms with Crippen LogP contribution in [0.2, 0.25) is 0 Å². The number of pyridine rings is 1. The van der Waals surface area contributed by atoms with E-state index in [2.05, 4.69) is 23.3 Å². The van der Waals surface area contributed by atoms with Crippen molar-refractivity contribution in [2.75, 3.05) is 6.54 Å². The molecule has 0 radical (unpaired) electrons.